The van der Waals surface area contributed by atoms with Crippen LogP contribution in [0.3, 0.4) is 0 Å². The lowest BCUT2D eigenvalue weighted by Crippen LogP contribution is -2.44. The molecule has 0 bridgehead atoms. The van der Waals surface area contributed by atoms with Crippen LogP contribution in [-0.4, -0.2) is 21.1 Å². The van der Waals surface area contributed by atoms with Crippen LogP contribution in [0.25, 0.3) is 6.08 Å². The summed E-state index contributed by atoms with van der Waals surface area (Å²) in [6, 6.07) is 22.1. The van der Waals surface area contributed by atoms with E-state index in [0.29, 0.717) is 21.8 Å². The van der Waals surface area contributed by atoms with E-state index in [2.05, 4.69) is 5.43 Å². The molecule has 2 amide bonds. The van der Waals surface area contributed by atoms with E-state index in [1.165, 1.54) is 6.07 Å². The predicted molar refractivity (Wildman–Crippen MR) is 126 cm³/mol. The molecule has 1 saturated heterocycles. The summed E-state index contributed by atoms with van der Waals surface area (Å²) in [7, 11) is 0. The lowest BCUT2D eigenvalue weighted by Gasteiger charge is -2.15. The number of ether oxygens (including phenoxy) is 1. The van der Waals surface area contributed by atoms with Crippen molar-refractivity contribution in [2.45, 2.75) is 6.61 Å². The van der Waals surface area contributed by atoms with Crippen LogP contribution in [0, 0.1) is 5.82 Å². The average molecular weight is 465 g/mol. The summed E-state index contributed by atoms with van der Waals surface area (Å²) in [5, 5.41) is 1.08. The van der Waals surface area contributed by atoms with E-state index < -0.39 is 11.8 Å². The summed E-state index contributed by atoms with van der Waals surface area (Å²) in [4.78, 5) is 25.5. The van der Waals surface area contributed by atoms with Gasteiger partial charge in [-0.2, -0.15) is 5.01 Å². The Hall–Kier alpha value is -3.49. The van der Waals surface area contributed by atoms with E-state index in [-0.39, 0.29) is 16.7 Å². The number of amides is 2. The largest absolute Gasteiger partial charge is 0.489 e. The van der Waals surface area contributed by atoms with Crippen LogP contribution in [-0.2, 0) is 11.4 Å². The SMILES string of the molecule is O=C(NN1C(=O)/C(=C\c2ccc(OCc3ccccc3F)cc2)SC1=S)c1ccccc1. The van der Waals surface area contributed by atoms with E-state index >= 15 is 0 Å². The van der Waals surface area contributed by atoms with Gasteiger partial charge in [0.25, 0.3) is 11.8 Å². The van der Waals surface area contributed by atoms with Gasteiger partial charge >= 0.3 is 0 Å². The van der Waals surface area contributed by atoms with Crippen molar-refractivity contribution in [3.8, 4) is 5.75 Å². The van der Waals surface area contributed by atoms with Gasteiger partial charge < -0.3 is 4.74 Å². The Morgan fingerprint density at radius 1 is 1.03 bits per heavy atom. The number of nitrogens with one attached hydrogen (secondary N) is 1. The van der Waals surface area contributed by atoms with E-state index in [9.17, 15) is 14.0 Å². The lowest BCUT2D eigenvalue weighted by molar-refractivity contribution is -0.123. The third-order valence-electron chi connectivity index (χ3n) is 4.57. The Morgan fingerprint density at radius 2 is 1.72 bits per heavy atom. The molecule has 0 aliphatic carbocycles. The van der Waals surface area contributed by atoms with E-state index in [1.54, 1.807) is 78.9 Å². The number of carbonyl (C=O) groups excluding carboxylic acids is 2. The van der Waals surface area contributed by atoms with Crippen LogP contribution in [0.1, 0.15) is 21.5 Å². The topological polar surface area (TPSA) is 58.6 Å². The van der Waals surface area contributed by atoms with Crippen LogP contribution >= 0.6 is 24.0 Å². The predicted octanol–water partition coefficient (Wildman–Crippen LogP) is 4.95. The van der Waals surface area contributed by atoms with Crippen molar-refractivity contribution < 1.29 is 18.7 Å². The number of thiocarbonyl (C=S) groups is 1. The number of nitrogens with zero attached hydrogens (tertiary/aromatic N) is 1. The van der Waals surface area contributed by atoms with Crippen LogP contribution in [0.2, 0.25) is 0 Å². The Morgan fingerprint density at radius 3 is 2.44 bits per heavy atom. The van der Waals surface area contributed by atoms with Crippen LogP contribution in [0.5, 0.6) is 5.75 Å². The molecule has 1 heterocycles. The van der Waals surface area contributed by atoms with Crippen molar-refractivity contribution in [1.29, 1.82) is 0 Å². The minimum Gasteiger partial charge on any atom is -0.489 e. The van der Waals surface area contributed by atoms with Crippen LogP contribution in [0.15, 0.2) is 83.8 Å². The zero-order chi connectivity index (χ0) is 22.5. The third-order valence-corrected chi connectivity index (χ3v) is 5.88. The van der Waals surface area contributed by atoms with Gasteiger partial charge in [0.15, 0.2) is 4.32 Å². The number of benzene rings is 3. The molecule has 0 aromatic heterocycles. The second kappa shape index (κ2) is 9.76. The van der Waals surface area contributed by atoms with Gasteiger partial charge in [-0.3, -0.25) is 15.0 Å². The molecule has 0 atom stereocenters. The van der Waals surface area contributed by atoms with Gasteiger partial charge in [0.2, 0.25) is 0 Å². The first kappa shape index (κ1) is 21.7. The first-order chi connectivity index (χ1) is 15.5. The highest BCUT2D eigenvalue weighted by atomic mass is 32.2. The lowest BCUT2D eigenvalue weighted by atomic mass is 10.2. The van der Waals surface area contributed by atoms with Crippen LogP contribution in [0.4, 0.5) is 4.39 Å². The van der Waals surface area contributed by atoms with E-state index in [0.717, 1.165) is 22.3 Å². The quantitative estimate of drug-likeness (QED) is 0.413. The highest BCUT2D eigenvalue weighted by molar-refractivity contribution is 8.26. The maximum Gasteiger partial charge on any atom is 0.285 e. The van der Waals surface area contributed by atoms with Gasteiger partial charge in [0.1, 0.15) is 18.2 Å². The molecule has 1 N–H and O–H groups in total. The molecule has 0 spiro atoms. The molecule has 3 aromatic rings. The summed E-state index contributed by atoms with van der Waals surface area (Å²) in [5.41, 5.74) is 4.21. The molecule has 0 radical (unpaired) electrons. The fourth-order valence-corrected chi connectivity index (χ4v) is 4.09. The minimum absolute atomic E-state index is 0.117. The second-order valence-corrected chi connectivity index (χ2v) is 8.45. The van der Waals surface area contributed by atoms with Gasteiger partial charge in [0, 0.05) is 11.1 Å². The van der Waals surface area contributed by atoms with Gasteiger partial charge in [-0.05, 0) is 54.2 Å². The normalized spacial score (nSPS) is 14.7. The summed E-state index contributed by atoms with van der Waals surface area (Å²) in [6.07, 6.45) is 1.69. The fraction of sp³-hybridized carbons (Fsp3) is 0.0417. The monoisotopic (exact) mass is 464 g/mol. The zero-order valence-corrected chi connectivity index (χ0v) is 18.3. The van der Waals surface area contributed by atoms with Gasteiger partial charge in [0.05, 0.1) is 4.91 Å². The second-order valence-electron chi connectivity index (χ2n) is 6.77. The molecule has 8 heteroatoms. The first-order valence-electron chi connectivity index (χ1n) is 9.61. The van der Waals surface area contributed by atoms with Gasteiger partial charge in [-0.25, -0.2) is 4.39 Å². The molecular formula is C24H17FN2O3S2. The Bertz CT molecular complexity index is 1200. The molecule has 3 aromatic carbocycles. The Kier molecular flexibility index (Phi) is 6.63. The maximum absolute atomic E-state index is 13.7. The number of halogens is 1. The van der Waals surface area contributed by atoms with Crippen molar-refractivity contribution in [3.05, 3.63) is 106 Å². The number of thioether (sulfide) groups is 1. The number of hydrazine groups is 1. The van der Waals surface area contributed by atoms with E-state index in [4.69, 9.17) is 17.0 Å². The zero-order valence-electron chi connectivity index (χ0n) is 16.7. The summed E-state index contributed by atoms with van der Waals surface area (Å²) in [5.74, 6) is -0.553. The number of hydrogen-bond donors (Lipinski definition) is 1. The number of hydrogen-bond acceptors (Lipinski definition) is 5. The molecule has 160 valence electrons. The smallest absolute Gasteiger partial charge is 0.285 e. The van der Waals surface area contributed by atoms with Gasteiger partial charge in [-0.15, -0.1) is 0 Å². The maximum atomic E-state index is 13.7. The molecule has 0 saturated carbocycles. The highest BCUT2D eigenvalue weighted by Gasteiger charge is 2.33. The van der Waals surface area contributed by atoms with Crippen molar-refractivity contribution in [2.24, 2.45) is 0 Å². The molecule has 1 fully saturated rings. The van der Waals surface area contributed by atoms with Crippen molar-refractivity contribution >= 4 is 46.2 Å². The molecule has 1 aliphatic heterocycles. The van der Waals surface area contributed by atoms with E-state index in [1.807, 2.05) is 0 Å². The summed E-state index contributed by atoms with van der Waals surface area (Å²) >= 11 is 6.36. The van der Waals surface area contributed by atoms with Crippen molar-refractivity contribution in [3.63, 3.8) is 0 Å². The molecule has 0 unspecified atom stereocenters. The van der Waals surface area contributed by atoms with Crippen LogP contribution < -0.4 is 10.2 Å². The van der Waals surface area contributed by atoms with Crippen molar-refractivity contribution in [2.75, 3.05) is 0 Å². The highest BCUT2D eigenvalue weighted by Crippen LogP contribution is 2.31. The van der Waals surface area contributed by atoms with Gasteiger partial charge in [-0.1, -0.05) is 60.3 Å². The minimum atomic E-state index is -0.417. The Balaban J connectivity index is 1.40. The molecule has 32 heavy (non-hydrogen) atoms. The summed E-state index contributed by atoms with van der Waals surface area (Å²) < 4.78 is 19.6. The standard InChI is InChI=1S/C24H17FN2O3S2/c25-20-9-5-4-8-18(20)15-30-19-12-10-16(11-13-19)14-21-23(29)27(24(31)32-21)26-22(28)17-6-2-1-3-7-17/h1-14H,15H2,(H,26,28)/b21-14+. The summed E-state index contributed by atoms with van der Waals surface area (Å²) in [6.45, 7) is 0.117. The molecular weight excluding hydrogens is 447 g/mol. The molecule has 4 rings (SSSR count). The molecule has 5 nitrogen and oxygen atoms in total. The number of rotatable bonds is 6. The first-order valence-corrected chi connectivity index (χ1v) is 10.8. The number of carbonyl (C=O) groups is 2. The third kappa shape index (κ3) is 5.04. The fourth-order valence-electron chi connectivity index (χ4n) is 2.91. The molecule has 1 aliphatic rings. The average Bonchev–Trinajstić information content (AvgIpc) is 3.07. The van der Waals surface area contributed by atoms with Crippen molar-refractivity contribution in [1.82, 2.24) is 10.4 Å². The Labute approximate surface area is 193 Å².